The van der Waals surface area contributed by atoms with Crippen LogP contribution in [0.4, 0.5) is 0 Å². The van der Waals surface area contributed by atoms with Gasteiger partial charge in [0.15, 0.2) is 0 Å². The van der Waals surface area contributed by atoms with Crippen molar-refractivity contribution in [2.45, 2.75) is 67.5 Å². The summed E-state index contributed by atoms with van der Waals surface area (Å²) in [7, 11) is -3.27. The highest BCUT2D eigenvalue weighted by molar-refractivity contribution is 7.90. The van der Waals surface area contributed by atoms with Gasteiger partial charge in [0, 0.05) is 17.6 Å². The van der Waals surface area contributed by atoms with Crippen molar-refractivity contribution in [1.82, 2.24) is 9.97 Å². The summed E-state index contributed by atoms with van der Waals surface area (Å²) in [5.41, 5.74) is 1.34. The molecule has 0 aliphatic rings. The third kappa shape index (κ3) is 18.8. The fourth-order valence-corrected chi connectivity index (χ4v) is 1.48. The standard InChI is InChI=1S/C7H10N2O2S.C3H6.3C2H6/c1-5-4-6(2)9-7(8-5)12(3,10)11;1-3-2;3*1-2/h4H,1-3H3;3H,1H2,2H3;3*1-2H3. The lowest BCUT2D eigenvalue weighted by molar-refractivity contribution is 0.591. The van der Waals surface area contributed by atoms with Gasteiger partial charge in [0.25, 0.3) is 0 Å². The lowest BCUT2D eigenvalue weighted by Crippen LogP contribution is -2.05. The van der Waals surface area contributed by atoms with Gasteiger partial charge in [0.2, 0.25) is 15.0 Å². The van der Waals surface area contributed by atoms with E-state index in [0.717, 1.165) is 6.26 Å². The van der Waals surface area contributed by atoms with Gasteiger partial charge in [-0.05, 0) is 26.8 Å². The summed E-state index contributed by atoms with van der Waals surface area (Å²) >= 11 is 0. The Balaban J connectivity index is -0.000000136. The van der Waals surface area contributed by atoms with Gasteiger partial charge in [-0.25, -0.2) is 18.4 Å². The molecule has 1 aromatic heterocycles. The molecule has 0 aliphatic heterocycles. The number of hydrogen-bond acceptors (Lipinski definition) is 4. The molecule has 0 spiro atoms. The minimum atomic E-state index is -3.27. The SMILES string of the molecule is C=CC.CC.CC.CC.Cc1cc(C)nc(S(C)(=O)=O)n1. The Bertz CT molecular complexity index is 421. The molecule has 1 heterocycles. The van der Waals surface area contributed by atoms with Gasteiger partial charge in [0.1, 0.15) is 0 Å². The molecule has 5 heteroatoms. The molecule has 0 unspecified atom stereocenters. The molecule has 0 fully saturated rings. The second-order valence-corrected chi connectivity index (χ2v) is 5.02. The molecule has 0 radical (unpaired) electrons. The fraction of sp³-hybridized carbons (Fsp3) is 0.625. The first-order valence-electron chi connectivity index (χ1n) is 7.40. The molecule has 0 bridgehead atoms. The van der Waals surface area contributed by atoms with E-state index in [-0.39, 0.29) is 5.16 Å². The third-order valence-electron chi connectivity index (χ3n) is 1.29. The Kier molecular flexibility index (Phi) is 25.0. The van der Waals surface area contributed by atoms with Crippen LogP contribution in [0.15, 0.2) is 23.9 Å². The zero-order valence-electron chi connectivity index (χ0n) is 15.5. The van der Waals surface area contributed by atoms with Crippen LogP contribution < -0.4 is 0 Å². The monoisotopic (exact) mass is 318 g/mol. The number of rotatable bonds is 1. The van der Waals surface area contributed by atoms with Crippen LogP contribution in [0.1, 0.15) is 59.9 Å². The van der Waals surface area contributed by atoms with Crippen molar-refractivity contribution in [3.8, 4) is 0 Å². The summed E-state index contributed by atoms with van der Waals surface area (Å²) in [5.74, 6) is 0. The summed E-state index contributed by atoms with van der Waals surface area (Å²) in [4.78, 5) is 7.61. The molecule has 0 saturated heterocycles. The molecule has 0 atom stereocenters. The van der Waals surface area contributed by atoms with Crippen molar-refractivity contribution in [2.75, 3.05) is 6.26 Å². The van der Waals surface area contributed by atoms with Crippen LogP contribution in [-0.4, -0.2) is 24.6 Å². The Morgan fingerprint density at radius 2 is 1.19 bits per heavy atom. The normalized spacial score (nSPS) is 8.10. The van der Waals surface area contributed by atoms with Crippen LogP contribution in [0.2, 0.25) is 0 Å². The molecule has 0 aromatic carbocycles. The van der Waals surface area contributed by atoms with Crippen LogP contribution in [0.5, 0.6) is 0 Å². The lowest BCUT2D eigenvalue weighted by atomic mass is 10.4. The Labute approximate surface area is 132 Å². The van der Waals surface area contributed by atoms with Crippen LogP contribution in [0, 0.1) is 13.8 Å². The fourth-order valence-electron chi connectivity index (χ4n) is 0.859. The van der Waals surface area contributed by atoms with Crippen molar-refractivity contribution < 1.29 is 8.42 Å². The van der Waals surface area contributed by atoms with E-state index in [1.807, 2.05) is 48.5 Å². The number of aromatic nitrogens is 2. The molecule has 1 aromatic rings. The lowest BCUT2D eigenvalue weighted by Gasteiger charge is -1.99. The molecule has 21 heavy (non-hydrogen) atoms. The van der Waals surface area contributed by atoms with E-state index >= 15 is 0 Å². The van der Waals surface area contributed by atoms with Crippen molar-refractivity contribution >= 4 is 9.84 Å². The summed E-state index contributed by atoms with van der Waals surface area (Å²) in [6, 6.07) is 1.73. The molecule has 0 saturated carbocycles. The molecular weight excluding hydrogens is 284 g/mol. The van der Waals surface area contributed by atoms with E-state index in [2.05, 4.69) is 16.5 Å². The molecule has 1 rings (SSSR count). The smallest absolute Gasteiger partial charge is 0.224 e. The maximum atomic E-state index is 11.0. The van der Waals surface area contributed by atoms with Gasteiger partial charge in [-0.15, -0.1) is 6.58 Å². The minimum absolute atomic E-state index is 0.0972. The number of aryl methyl sites for hydroxylation is 2. The molecule has 126 valence electrons. The van der Waals surface area contributed by atoms with Gasteiger partial charge in [-0.1, -0.05) is 47.6 Å². The maximum Gasteiger partial charge on any atom is 0.247 e. The topological polar surface area (TPSA) is 59.9 Å². The number of sulfone groups is 1. The number of hydrogen-bond donors (Lipinski definition) is 0. The van der Waals surface area contributed by atoms with E-state index in [9.17, 15) is 8.42 Å². The van der Waals surface area contributed by atoms with Crippen LogP contribution in [0.3, 0.4) is 0 Å². The van der Waals surface area contributed by atoms with E-state index in [4.69, 9.17) is 0 Å². The van der Waals surface area contributed by atoms with Crippen LogP contribution >= 0.6 is 0 Å². The zero-order chi connectivity index (χ0) is 18.1. The second kappa shape index (κ2) is 18.8. The minimum Gasteiger partial charge on any atom is -0.224 e. The van der Waals surface area contributed by atoms with Gasteiger partial charge in [0.05, 0.1) is 0 Å². The third-order valence-corrected chi connectivity index (χ3v) is 2.14. The first-order chi connectivity index (χ1) is 9.81. The summed E-state index contributed by atoms with van der Waals surface area (Å²) < 4.78 is 22.0. The van der Waals surface area contributed by atoms with Crippen molar-refractivity contribution in [1.29, 1.82) is 0 Å². The Morgan fingerprint density at radius 3 is 1.38 bits per heavy atom. The zero-order valence-corrected chi connectivity index (χ0v) is 16.3. The van der Waals surface area contributed by atoms with Gasteiger partial charge in [-0.2, -0.15) is 0 Å². The number of allylic oxidation sites excluding steroid dienone is 1. The quantitative estimate of drug-likeness (QED) is 0.553. The first-order valence-corrected chi connectivity index (χ1v) is 9.29. The van der Waals surface area contributed by atoms with E-state index in [1.54, 1.807) is 26.0 Å². The molecule has 0 amide bonds. The first kappa shape index (κ1) is 28.0. The van der Waals surface area contributed by atoms with Crippen molar-refractivity contribution in [3.05, 3.63) is 30.1 Å². The average Bonchev–Trinajstić information content (AvgIpc) is 2.44. The molecule has 0 aliphatic carbocycles. The summed E-state index contributed by atoms with van der Waals surface area (Å²) in [6.45, 7) is 20.7. The van der Waals surface area contributed by atoms with Gasteiger partial charge < -0.3 is 0 Å². The van der Waals surface area contributed by atoms with Gasteiger partial charge >= 0.3 is 0 Å². The highest BCUT2D eigenvalue weighted by atomic mass is 32.2. The average molecular weight is 319 g/mol. The second-order valence-electron chi connectivity index (χ2n) is 3.11. The van der Waals surface area contributed by atoms with Gasteiger partial charge in [-0.3, -0.25) is 0 Å². The van der Waals surface area contributed by atoms with Crippen molar-refractivity contribution in [3.63, 3.8) is 0 Å². The van der Waals surface area contributed by atoms with Crippen LogP contribution in [0.25, 0.3) is 0 Å². The highest BCUT2D eigenvalue weighted by Gasteiger charge is 2.10. The Morgan fingerprint density at radius 1 is 0.952 bits per heavy atom. The van der Waals surface area contributed by atoms with Crippen molar-refractivity contribution in [2.24, 2.45) is 0 Å². The summed E-state index contributed by atoms with van der Waals surface area (Å²) in [6.07, 6.45) is 2.85. The van der Waals surface area contributed by atoms with E-state index < -0.39 is 9.84 Å². The predicted molar refractivity (Wildman–Crippen MR) is 94.5 cm³/mol. The largest absolute Gasteiger partial charge is 0.247 e. The highest BCUT2D eigenvalue weighted by Crippen LogP contribution is 2.04. The van der Waals surface area contributed by atoms with Crippen LogP contribution in [-0.2, 0) is 9.84 Å². The summed E-state index contributed by atoms with van der Waals surface area (Å²) in [5, 5.41) is -0.0972. The molecule has 4 nitrogen and oxygen atoms in total. The predicted octanol–water partition coefficient (Wildman–Crippen LogP) is 4.77. The maximum absolute atomic E-state index is 11.0. The Hall–Kier alpha value is -1.23. The molecular formula is C16H34N2O2S. The number of nitrogens with zero attached hydrogens (tertiary/aromatic N) is 2. The van der Waals surface area contributed by atoms with E-state index in [0.29, 0.717) is 11.4 Å². The van der Waals surface area contributed by atoms with E-state index in [1.165, 1.54) is 0 Å². The molecule has 0 N–H and O–H groups in total.